The third-order valence-corrected chi connectivity index (χ3v) is 8.87. The second kappa shape index (κ2) is 15.0. The average molecular weight is 622 g/mol. The maximum atomic E-state index is 14.6. The third kappa shape index (κ3) is 7.29. The molecule has 2 aliphatic rings. The smallest absolute Gasteiger partial charge is 0.307 e. The van der Waals surface area contributed by atoms with Crippen molar-refractivity contribution in [1.29, 1.82) is 0 Å². The summed E-state index contributed by atoms with van der Waals surface area (Å²) in [7, 11) is 3.00. The van der Waals surface area contributed by atoms with Crippen LogP contribution in [0.2, 0.25) is 0 Å². The maximum Gasteiger partial charge on any atom is 0.307 e. The highest BCUT2D eigenvalue weighted by atomic mass is 16.5. The molecule has 4 rings (SSSR count). The Balaban J connectivity index is 1.66. The summed E-state index contributed by atoms with van der Waals surface area (Å²) in [6, 6.07) is 10.5. The number of benzene rings is 2. The van der Waals surface area contributed by atoms with Crippen LogP contribution in [0.1, 0.15) is 79.5 Å². The highest BCUT2D eigenvalue weighted by molar-refractivity contribution is 6.21. The Hall–Kier alpha value is -4.41. The average Bonchev–Trinajstić information content (AvgIpc) is 3.29. The predicted molar refractivity (Wildman–Crippen MR) is 167 cm³/mol. The highest BCUT2D eigenvalue weighted by Crippen LogP contribution is 2.39. The lowest BCUT2D eigenvalue weighted by molar-refractivity contribution is -0.149. The van der Waals surface area contributed by atoms with Gasteiger partial charge in [-0.05, 0) is 81.0 Å². The van der Waals surface area contributed by atoms with E-state index in [-0.39, 0.29) is 30.0 Å². The van der Waals surface area contributed by atoms with Gasteiger partial charge < -0.3 is 19.9 Å². The fraction of sp³-hybridized carbons (Fsp3) is 0.500. The van der Waals surface area contributed by atoms with Crippen molar-refractivity contribution in [3.05, 3.63) is 53.6 Å². The summed E-state index contributed by atoms with van der Waals surface area (Å²) >= 11 is 0. The fourth-order valence-corrected chi connectivity index (χ4v) is 6.47. The molecule has 2 aromatic carbocycles. The van der Waals surface area contributed by atoms with Crippen molar-refractivity contribution in [2.75, 3.05) is 32.2 Å². The van der Waals surface area contributed by atoms with Gasteiger partial charge in [0.1, 0.15) is 17.5 Å². The van der Waals surface area contributed by atoms with Gasteiger partial charge in [-0.1, -0.05) is 26.2 Å². The molecular formula is C34H43N3O8. The summed E-state index contributed by atoms with van der Waals surface area (Å²) < 4.78 is 10.9. The van der Waals surface area contributed by atoms with Gasteiger partial charge in [-0.3, -0.25) is 33.8 Å². The molecule has 4 amide bonds. The highest BCUT2D eigenvalue weighted by Gasteiger charge is 2.45. The molecule has 0 aromatic heterocycles. The Bertz CT molecular complexity index is 1400. The largest absolute Gasteiger partial charge is 0.497 e. The van der Waals surface area contributed by atoms with Crippen LogP contribution in [0.5, 0.6) is 11.5 Å². The number of imide groups is 1. The van der Waals surface area contributed by atoms with Crippen LogP contribution in [0, 0.1) is 17.8 Å². The first-order chi connectivity index (χ1) is 21.6. The van der Waals surface area contributed by atoms with E-state index < -0.39 is 47.5 Å². The second-order valence-corrected chi connectivity index (χ2v) is 11.7. The predicted octanol–water partition coefficient (Wildman–Crippen LogP) is 4.54. The Morgan fingerprint density at radius 3 is 2.24 bits per heavy atom. The van der Waals surface area contributed by atoms with E-state index in [0.29, 0.717) is 36.6 Å². The Morgan fingerprint density at radius 1 is 1.00 bits per heavy atom. The molecule has 11 nitrogen and oxygen atoms in total. The Morgan fingerprint density at radius 2 is 1.64 bits per heavy atom. The van der Waals surface area contributed by atoms with Crippen LogP contribution in [-0.4, -0.2) is 73.0 Å². The van der Waals surface area contributed by atoms with Gasteiger partial charge in [0.05, 0.1) is 36.7 Å². The number of carbonyl (C=O) groups is 5. The van der Waals surface area contributed by atoms with Gasteiger partial charge in [0.25, 0.3) is 11.8 Å². The number of rotatable bonds is 14. The van der Waals surface area contributed by atoms with Crippen LogP contribution in [0.4, 0.5) is 5.69 Å². The number of nitrogens with zero attached hydrogens (tertiary/aromatic N) is 2. The monoisotopic (exact) mass is 621 g/mol. The molecule has 3 atom stereocenters. The normalized spacial score (nSPS) is 16.8. The van der Waals surface area contributed by atoms with Crippen LogP contribution >= 0.6 is 0 Å². The first kappa shape index (κ1) is 33.5. The van der Waals surface area contributed by atoms with Crippen molar-refractivity contribution in [3.8, 4) is 11.5 Å². The van der Waals surface area contributed by atoms with E-state index in [1.165, 1.54) is 19.1 Å². The van der Waals surface area contributed by atoms with Crippen molar-refractivity contribution in [2.24, 2.45) is 17.8 Å². The molecule has 1 heterocycles. The van der Waals surface area contributed by atoms with E-state index in [1.54, 1.807) is 49.4 Å². The maximum absolute atomic E-state index is 14.6. The molecule has 1 saturated carbocycles. The van der Waals surface area contributed by atoms with Crippen molar-refractivity contribution in [2.45, 2.75) is 64.8 Å². The topological polar surface area (TPSA) is 143 Å². The lowest BCUT2D eigenvalue weighted by Crippen LogP contribution is -2.53. The standard InChI is InChI=1S/C34H43N3O8/c1-5-19-45-25-15-16-26-28(20-25)32(40)36(31(26)39)18-17-27(34(42)43)29(22-9-7-6-8-10-22)33(41)37(21(2)30(38)35-3)23-11-13-24(44-4)14-12-23/h11-16,20-22,27,29H,5-10,17-19H2,1-4H3,(H,35,38)(H,42,43). The van der Waals surface area contributed by atoms with Crippen LogP contribution in [0.15, 0.2) is 42.5 Å². The molecule has 0 bridgehead atoms. The van der Waals surface area contributed by atoms with Gasteiger partial charge in [0, 0.05) is 19.3 Å². The molecule has 0 radical (unpaired) electrons. The number of carboxylic acid groups (broad SMARTS) is 1. The summed E-state index contributed by atoms with van der Waals surface area (Å²) in [6.07, 6.45) is 4.70. The van der Waals surface area contributed by atoms with Crippen molar-refractivity contribution >= 4 is 35.3 Å². The number of ether oxygens (including phenoxy) is 2. The summed E-state index contributed by atoms with van der Waals surface area (Å²) in [6.45, 7) is 3.86. The summed E-state index contributed by atoms with van der Waals surface area (Å²) in [5.41, 5.74) is 0.884. The molecular weight excluding hydrogens is 578 g/mol. The third-order valence-electron chi connectivity index (χ3n) is 8.87. The number of carbonyl (C=O) groups excluding carboxylic acids is 4. The van der Waals surface area contributed by atoms with Gasteiger partial charge in [0.2, 0.25) is 11.8 Å². The minimum atomic E-state index is -1.20. The zero-order valence-corrected chi connectivity index (χ0v) is 26.4. The van der Waals surface area contributed by atoms with Gasteiger partial charge in [0.15, 0.2) is 0 Å². The van der Waals surface area contributed by atoms with Gasteiger partial charge in [-0.15, -0.1) is 0 Å². The molecule has 11 heteroatoms. The number of likely N-dealkylation sites (N-methyl/N-ethyl adjacent to an activating group) is 1. The Labute approximate surface area is 263 Å². The number of aliphatic carboxylic acids is 1. The number of hydrogen-bond acceptors (Lipinski definition) is 7. The molecule has 1 aliphatic carbocycles. The molecule has 0 spiro atoms. The minimum Gasteiger partial charge on any atom is -0.497 e. The summed E-state index contributed by atoms with van der Waals surface area (Å²) in [5.74, 6) is -4.47. The number of amides is 4. The zero-order chi connectivity index (χ0) is 32.7. The summed E-state index contributed by atoms with van der Waals surface area (Å²) in [5, 5.41) is 13.2. The number of carboxylic acids is 1. The van der Waals surface area contributed by atoms with Crippen molar-refractivity contribution in [1.82, 2.24) is 10.2 Å². The lowest BCUT2D eigenvalue weighted by Gasteiger charge is -2.38. The molecule has 45 heavy (non-hydrogen) atoms. The van der Waals surface area contributed by atoms with Crippen LogP contribution in [0.3, 0.4) is 0 Å². The van der Waals surface area contributed by atoms with E-state index in [0.717, 1.165) is 30.6 Å². The number of methoxy groups -OCH3 is 1. The van der Waals surface area contributed by atoms with E-state index >= 15 is 0 Å². The fourth-order valence-electron chi connectivity index (χ4n) is 6.47. The first-order valence-corrected chi connectivity index (χ1v) is 15.7. The summed E-state index contributed by atoms with van der Waals surface area (Å²) in [4.78, 5) is 69.5. The first-order valence-electron chi connectivity index (χ1n) is 15.7. The van der Waals surface area contributed by atoms with Crippen molar-refractivity contribution in [3.63, 3.8) is 0 Å². The molecule has 1 fully saturated rings. The molecule has 3 unspecified atom stereocenters. The minimum absolute atomic E-state index is 0.113. The van der Waals surface area contributed by atoms with E-state index in [4.69, 9.17) is 9.47 Å². The zero-order valence-electron chi connectivity index (χ0n) is 26.4. The van der Waals surface area contributed by atoms with Crippen LogP contribution < -0.4 is 19.7 Å². The van der Waals surface area contributed by atoms with E-state index in [2.05, 4.69) is 5.32 Å². The number of hydrogen-bond donors (Lipinski definition) is 2. The Kier molecular flexibility index (Phi) is 11.2. The molecule has 242 valence electrons. The second-order valence-electron chi connectivity index (χ2n) is 11.7. The van der Waals surface area contributed by atoms with Crippen LogP contribution in [0.25, 0.3) is 0 Å². The van der Waals surface area contributed by atoms with Crippen molar-refractivity contribution < 1.29 is 38.6 Å². The van der Waals surface area contributed by atoms with Gasteiger partial charge in [-0.2, -0.15) is 0 Å². The quantitative estimate of drug-likeness (QED) is 0.293. The number of fused-ring (bicyclic) bond motifs is 1. The molecule has 0 saturated heterocycles. The lowest BCUT2D eigenvalue weighted by atomic mass is 9.72. The van der Waals surface area contributed by atoms with Crippen LogP contribution in [-0.2, 0) is 14.4 Å². The van der Waals surface area contributed by atoms with E-state index in [1.807, 2.05) is 6.92 Å². The number of anilines is 1. The molecule has 2 N–H and O–H groups in total. The van der Waals surface area contributed by atoms with E-state index in [9.17, 15) is 29.1 Å². The van der Waals surface area contributed by atoms with Gasteiger partial charge >= 0.3 is 5.97 Å². The van der Waals surface area contributed by atoms with Gasteiger partial charge in [-0.25, -0.2) is 0 Å². The molecule has 2 aromatic rings. The SMILES string of the molecule is CCCOc1ccc2c(c1)C(=O)N(CCC(C(=O)O)C(C(=O)N(c1ccc(OC)cc1)C(C)C(=O)NC)C1CCCCC1)C2=O. The number of nitrogens with one attached hydrogen (secondary N) is 1. The molecule has 1 aliphatic heterocycles.